The molecule has 0 aromatic heterocycles. The number of morpholine rings is 1. The van der Waals surface area contributed by atoms with Crippen molar-refractivity contribution in [1.29, 1.82) is 0 Å². The summed E-state index contributed by atoms with van der Waals surface area (Å²) in [5.74, 6) is -0.217. The van der Waals surface area contributed by atoms with Crippen molar-refractivity contribution >= 4 is 17.5 Å². The van der Waals surface area contributed by atoms with Crippen LogP contribution in [0.15, 0.2) is 18.2 Å². The molecule has 132 valence electrons. The van der Waals surface area contributed by atoms with E-state index in [0.29, 0.717) is 17.8 Å². The number of carbonyl (C=O) groups excluding carboxylic acids is 2. The van der Waals surface area contributed by atoms with Crippen LogP contribution in [0, 0.1) is 6.92 Å². The fraction of sp³-hybridized carbons (Fsp3) is 0.556. The van der Waals surface area contributed by atoms with E-state index in [1.807, 2.05) is 6.92 Å². The Labute approximate surface area is 143 Å². The Kier molecular flexibility index (Phi) is 6.75. The van der Waals surface area contributed by atoms with Crippen molar-refractivity contribution in [2.45, 2.75) is 33.3 Å². The van der Waals surface area contributed by atoms with Crippen molar-refractivity contribution < 1.29 is 14.3 Å². The highest BCUT2D eigenvalue weighted by Gasteiger charge is 2.19. The number of carbonyl (C=O) groups is 2. The molecule has 2 amide bonds. The van der Waals surface area contributed by atoms with Gasteiger partial charge in [0, 0.05) is 37.8 Å². The van der Waals surface area contributed by atoms with E-state index >= 15 is 0 Å². The summed E-state index contributed by atoms with van der Waals surface area (Å²) in [5, 5.41) is 5.67. The highest BCUT2D eigenvalue weighted by atomic mass is 16.5. The van der Waals surface area contributed by atoms with Crippen LogP contribution in [0.2, 0.25) is 0 Å². The number of amides is 2. The van der Waals surface area contributed by atoms with Gasteiger partial charge in [0.25, 0.3) is 5.91 Å². The SMILES string of the molecule is CCN1CCO[C@H](CCNC(=O)c2ccc(NC(C)=O)cc2C)C1. The van der Waals surface area contributed by atoms with Gasteiger partial charge in [-0.2, -0.15) is 0 Å². The van der Waals surface area contributed by atoms with E-state index in [0.717, 1.165) is 38.2 Å². The van der Waals surface area contributed by atoms with Crippen LogP contribution in [0.4, 0.5) is 5.69 Å². The van der Waals surface area contributed by atoms with E-state index in [1.165, 1.54) is 6.92 Å². The molecule has 0 bridgehead atoms. The molecule has 1 aromatic rings. The van der Waals surface area contributed by atoms with Crippen LogP contribution in [0.25, 0.3) is 0 Å². The first-order valence-electron chi connectivity index (χ1n) is 8.50. The number of nitrogens with one attached hydrogen (secondary N) is 2. The predicted molar refractivity (Wildman–Crippen MR) is 94.3 cm³/mol. The highest BCUT2D eigenvalue weighted by molar-refractivity contribution is 5.97. The van der Waals surface area contributed by atoms with Crippen LogP contribution in [-0.4, -0.2) is 55.6 Å². The van der Waals surface area contributed by atoms with E-state index in [1.54, 1.807) is 18.2 Å². The zero-order valence-corrected chi connectivity index (χ0v) is 14.7. The average molecular weight is 333 g/mol. The molecule has 1 heterocycles. The quantitative estimate of drug-likeness (QED) is 0.833. The molecule has 6 nitrogen and oxygen atoms in total. The van der Waals surface area contributed by atoms with E-state index in [-0.39, 0.29) is 17.9 Å². The molecule has 0 spiro atoms. The summed E-state index contributed by atoms with van der Waals surface area (Å²) >= 11 is 0. The monoisotopic (exact) mass is 333 g/mol. The summed E-state index contributed by atoms with van der Waals surface area (Å²) in [6.45, 7) is 9.77. The van der Waals surface area contributed by atoms with Gasteiger partial charge in [0.1, 0.15) is 0 Å². The molecule has 6 heteroatoms. The van der Waals surface area contributed by atoms with Gasteiger partial charge in [-0.05, 0) is 43.7 Å². The second-order valence-corrected chi connectivity index (χ2v) is 6.14. The summed E-state index contributed by atoms with van der Waals surface area (Å²) in [7, 11) is 0. The van der Waals surface area contributed by atoms with E-state index in [9.17, 15) is 9.59 Å². The number of hydrogen-bond donors (Lipinski definition) is 2. The molecule has 1 aliphatic heterocycles. The molecule has 1 saturated heterocycles. The zero-order chi connectivity index (χ0) is 17.5. The minimum Gasteiger partial charge on any atom is -0.375 e. The molecule has 0 unspecified atom stereocenters. The Bertz CT molecular complexity index is 589. The number of aryl methyl sites for hydroxylation is 1. The Morgan fingerprint density at radius 1 is 1.38 bits per heavy atom. The third-order valence-electron chi connectivity index (χ3n) is 4.21. The second-order valence-electron chi connectivity index (χ2n) is 6.14. The molecule has 1 aliphatic rings. The van der Waals surface area contributed by atoms with Crippen LogP contribution in [0.1, 0.15) is 36.2 Å². The maximum atomic E-state index is 12.3. The number of nitrogens with zero attached hydrogens (tertiary/aromatic N) is 1. The molecule has 1 fully saturated rings. The van der Waals surface area contributed by atoms with Crippen LogP contribution in [-0.2, 0) is 9.53 Å². The molecular formula is C18H27N3O3. The van der Waals surface area contributed by atoms with Gasteiger partial charge in [-0.25, -0.2) is 0 Å². The number of ether oxygens (including phenoxy) is 1. The molecule has 24 heavy (non-hydrogen) atoms. The van der Waals surface area contributed by atoms with Gasteiger partial charge in [-0.1, -0.05) is 6.92 Å². The lowest BCUT2D eigenvalue weighted by Gasteiger charge is -2.32. The third-order valence-corrected chi connectivity index (χ3v) is 4.21. The first-order valence-corrected chi connectivity index (χ1v) is 8.50. The van der Waals surface area contributed by atoms with Crippen molar-refractivity contribution in [3.05, 3.63) is 29.3 Å². The molecular weight excluding hydrogens is 306 g/mol. The lowest BCUT2D eigenvalue weighted by molar-refractivity contribution is -0.114. The molecule has 0 radical (unpaired) electrons. The number of likely N-dealkylation sites (N-methyl/N-ethyl adjacent to an activating group) is 1. The Morgan fingerprint density at radius 2 is 2.17 bits per heavy atom. The molecule has 1 aromatic carbocycles. The average Bonchev–Trinajstić information content (AvgIpc) is 2.54. The maximum Gasteiger partial charge on any atom is 0.251 e. The van der Waals surface area contributed by atoms with Crippen LogP contribution in [0.5, 0.6) is 0 Å². The predicted octanol–water partition coefficient (Wildman–Crippen LogP) is 1.79. The minimum absolute atomic E-state index is 0.0926. The summed E-state index contributed by atoms with van der Waals surface area (Å²) in [6, 6.07) is 5.29. The van der Waals surface area contributed by atoms with Gasteiger partial charge >= 0.3 is 0 Å². The van der Waals surface area contributed by atoms with E-state index < -0.39 is 0 Å². The first kappa shape index (κ1) is 18.4. The topological polar surface area (TPSA) is 70.7 Å². The Morgan fingerprint density at radius 3 is 2.83 bits per heavy atom. The second kappa shape index (κ2) is 8.80. The van der Waals surface area contributed by atoms with Crippen molar-refractivity contribution in [3.8, 4) is 0 Å². The number of hydrogen-bond acceptors (Lipinski definition) is 4. The zero-order valence-electron chi connectivity index (χ0n) is 14.7. The number of benzene rings is 1. The number of rotatable bonds is 6. The standard InChI is InChI=1S/C18H27N3O3/c1-4-21-9-10-24-16(12-21)7-8-19-18(23)17-6-5-15(11-13(17)2)20-14(3)22/h5-6,11,16H,4,7-10,12H2,1-3H3,(H,19,23)(H,20,22)/t16-/m1/s1. The van der Waals surface area contributed by atoms with E-state index in [4.69, 9.17) is 4.74 Å². The van der Waals surface area contributed by atoms with Gasteiger partial charge in [-0.15, -0.1) is 0 Å². The Hall–Kier alpha value is -1.92. The molecule has 1 atom stereocenters. The summed E-state index contributed by atoms with van der Waals surface area (Å²) in [4.78, 5) is 25.7. The lowest BCUT2D eigenvalue weighted by atomic mass is 10.1. The van der Waals surface area contributed by atoms with Crippen LogP contribution in [0.3, 0.4) is 0 Å². The van der Waals surface area contributed by atoms with Crippen molar-refractivity contribution in [3.63, 3.8) is 0 Å². The van der Waals surface area contributed by atoms with Crippen molar-refractivity contribution in [1.82, 2.24) is 10.2 Å². The summed E-state index contributed by atoms with van der Waals surface area (Å²) in [5.41, 5.74) is 2.17. The summed E-state index contributed by atoms with van der Waals surface area (Å²) < 4.78 is 5.74. The van der Waals surface area contributed by atoms with Gasteiger partial charge in [0.15, 0.2) is 0 Å². The smallest absolute Gasteiger partial charge is 0.251 e. The largest absolute Gasteiger partial charge is 0.375 e. The highest BCUT2D eigenvalue weighted by Crippen LogP contribution is 2.15. The molecule has 2 N–H and O–H groups in total. The van der Waals surface area contributed by atoms with Gasteiger partial charge < -0.3 is 15.4 Å². The Balaban J connectivity index is 1.83. The van der Waals surface area contributed by atoms with Crippen LogP contribution >= 0.6 is 0 Å². The fourth-order valence-electron chi connectivity index (χ4n) is 2.88. The van der Waals surface area contributed by atoms with Gasteiger partial charge in [0.2, 0.25) is 5.91 Å². The van der Waals surface area contributed by atoms with Crippen molar-refractivity contribution in [2.75, 3.05) is 38.1 Å². The van der Waals surface area contributed by atoms with E-state index in [2.05, 4.69) is 22.5 Å². The third kappa shape index (κ3) is 5.32. The minimum atomic E-state index is -0.125. The first-order chi connectivity index (χ1) is 11.5. The van der Waals surface area contributed by atoms with Gasteiger partial charge in [-0.3, -0.25) is 14.5 Å². The molecule has 0 aliphatic carbocycles. The normalized spacial score (nSPS) is 18.2. The fourth-order valence-corrected chi connectivity index (χ4v) is 2.88. The maximum absolute atomic E-state index is 12.3. The van der Waals surface area contributed by atoms with Crippen LogP contribution < -0.4 is 10.6 Å². The molecule has 0 saturated carbocycles. The lowest BCUT2D eigenvalue weighted by Crippen LogP contribution is -2.43. The van der Waals surface area contributed by atoms with Gasteiger partial charge in [0.05, 0.1) is 12.7 Å². The van der Waals surface area contributed by atoms with Crippen molar-refractivity contribution in [2.24, 2.45) is 0 Å². The molecule has 2 rings (SSSR count). The number of anilines is 1. The summed E-state index contributed by atoms with van der Waals surface area (Å²) in [6.07, 6.45) is 0.993.